The van der Waals surface area contributed by atoms with E-state index in [1.807, 2.05) is 24.3 Å². The summed E-state index contributed by atoms with van der Waals surface area (Å²) in [6.07, 6.45) is 0.710. The molecule has 2 rings (SSSR count). The predicted octanol–water partition coefficient (Wildman–Crippen LogP) is 2.97. The molecule has 0 radical (unpaired) electrons. The first-order valence-corrected chi connectivity index (χ1v) is 6.49. The van der Waals surface area contributed by atoms with Gasteiger partial charge in [0.05, 0.1) is 6.54 Å². The molecule has 1 atom stereocenters. The molecule has 0 aliphatic carbocycles. The smallest absolute Gasteiger partial charge is 0.414 e. The van der Waals surface area contributed by atoms with E-state index in [1.54, 1.807) is 4.90 Å². The number of aryl methyl sites for hydroxylation is 1. The Balaban J connectivity index is 2.15. The minimum absolute atomic E-state index is 0.0432. The summed E-state index contributed by atoms with van der Waals surface area (Å²) >= 11 is 3.32. The second kappa shape index (κ2) is 4.87. The van der Waals surface area contributed by atoms with E-state index in [9.17, 15) is 4.79 Å². The number of anilines is 1. The van der Waals surface area contributed by atoms with Crippen LogP contribution in [0.25, 0.3) is 0 Å². The number of carbonyl (C=O) groups excluding carboxylic acids is 1. The summed E-state index contributed by atoms with van der Waals surface area (Å²) in [5, 5.41) is 0.683. The average molecular weight is 284 g/mol. The van der Waals surface area contributed by atoms with Gasteiger partial charge in [-0.15, -0.1) is 0 Å². The fourth-order valence-electron chi connectivity index (χ4n) is 1.72. The van der Waals surface area contributed by atoms with E-state index in [2.05, 4.69) is 22.9 Å². The van der Waals surface area contributed by atoms with Crippen molar-refractivity contribution in [1.82, 2.24) is 0 Å². The van der Waals surface area contributed by atoms with Crippen LogP contribution in [0.1, 0.15) is 12.5 Å². The van der Waals surface area contributed by atoms with Gasteiger partial charge in [0.2, 0.25) is 0 Å². The van der Waals surface area contributed by atoms with Crippen molar-refractivity contribution < 1.29 is 9.53 Å². The topological polar surface area (TPSA) is 29.5 Å². The summed E-state index contributed by atoms with van der Waals surface area (Å²) < 4.78 is 5.17. The zero-order chi connectivity index (χ0) is 11.5. The van der Waals surface area contributed by atoms with Gasteiger partial charge in [-0.05, 0) is 24.1 Å². The van der Waals surface area contributed by atoms with Gasteiger partial charge in [0.25, 0.3) is 0 Å². The molecule has 1 fully saturated rings. The SMILES string of the molecule is CCc1ccc(N2CC(CBr)OC2=O)cc1. The lowest BCUT2D eigenvalue weighted by molar-refractivity contribution is 0.152. The Bertz CT molecular complexity index is 377. The van der Waals surface area contributed by atoms with Gasteiger partial charge >= 0.3 is 6.09 Å². The standard InChI is InChI=1S/C12H14BrNO2/c1-2-9-3-5-10(6-4-9)14-8-11(7-13)16-12(14)15/h3-6,11H,2,7-8H2,1H3. The summed E-state index contributed by atoms with van der Waals surface area (Å²) in [7, 11) is 0. The summed E-state index contributed by atoms with van der Waals surface area (Å²) in [5.41, 5.74) is 2.18. The van der Waals surface area contributed by atoms with Crippen molar-refractivity contribution in [2.75, 3.05) is 16.8 Å². The third kappa shape index (κ3) is 2.21. The zero-order valence-electron chi connectivity index (χ0n) is 9.15. The largest absolute Gasteiger partial charge is 0.443 e. The summed E-state index contributed by atoms with van der Waals surface area (Å²) in [6.45, 7) is 2.73. The third-order valence-electron chi connectivity index (χ3n) is 2.70. The van der Waals surface area contributed by atoms with Crippen LogP contribution < -0.4 is 4.90 Å². The van der Waals surface area contributed by atoms with E-state index >= 15 is 0 Å². The number of nitrogens with zero attached hydrogens (tertiary/aromatic N) is 1. The second-order valence-corrected chi connectivity index (χ2v) is 4.44. The van der Waals surface area contributed by atoms with Gasteiger partial charge in [0, 0.05) is 11.0 Å². The number of hydrogen-bond donors (Lipinski definition) is 0. The lowest BCUT2D eigenvalue weighted by Gasteiger charge is -2.12. The van der Waals surface area contributed by atoms with Crippen LogP contribution in [0.2, 0.25) is 0 Å². The Kier molecular flexibility index (Phi) is 3.49. The molecule has 1 saturated heterocycles. The van der Waals surface area contributed by atoms with E-state index in [1.165, 1.54) is 5.56 Å². The normalized spacial score (nSPS) is 20.0. The molecule has 0 saturated carbocycles. The van der Waals surface area contributed by atoms with Gasteiger partial charge in [-0.3, -0.25) is 4.90 Å². The van der Waals surface area contributed by atoms with Gasteiger partial charge in [-0.2, -0.15) is 0 Å². The van der Waals surface area contributed by atoms with Crippen LogP contribution in [0.4, 0.5) is 10.5 Å². The van der Waals surface area contributed by atoms with Crippen molar-refractivity contribution in [2.24, 2.45) is 0 Å². The fourth-order valence-corrected chi connectivity index (χ4v) is 2.06. The van der Waals surface area contributed by atoms with Crippen LogP contribution in [-0.2, 0) is 11.2 Å². The number of ether oxygens (including phenoxy) is 1. The van der Waals surface area contributed by atoms with Crippen molar-refractivity contribution in [3.63, 3.8) is 0 Å². The van der Waals surface area contributed by atoms with E-state index in [4.69, 9.17) is 4.74 Å². The highest BCUT2D eigenvalue weighted by Gasteiger charge is 2.31. The van der Waals surface area contributed by atoms with Crippen molar-refractivity contribution >= 4 is 27.7 Å². The molecule has 0 aromatic heterocycles. The summed E-state index contributed by atoms with van der Waals surface area (Å²) in [6, 6.07) is 8.03. The van der Waals surface area contributed by atoms with Gasteiger partial charge in [-0.1, -0.05) is 35.0 Å². The van der Waals surface area contributed by atoms with Crippen molar-refractivity contribution in [1.29, 1.82) is 0 Å². The predicted molar refractivity (Wildman–Crippen MR) is 67.2 cm³/mol. The van der Waals surface area contributed by atoms with E-state index < -0.39 is 0 Å². The quantitative estimate of drug-likeness (QED) is 0.799. The Labute approximate surface area is 104 Å². The highest BCUT2D eigenvalue weighted by Crippen LogP contribution is 2.22. The Hall–Kier alpha value is -1.03. The molecule has 1 amide bonds. The highest BCUT2D eigenvalue weighted by atomic mass is 79.9. The maximum atomic E-state index is 11.6. The molecule has 0 spiro atoms. The molecule has 4 heteroatoms. The molecule has 1 aromatic carbocycles. The lowest BCUT2D eigenvalue weighted by atomic mass is 10.1. The minimum Gasteiger partial charge on any atom is -0.443 e. The number of hydrogen-bond acceptors (Lipinski definition) is 2. The Morgan fingerprint density at radius 2 is 2.12 bits per heavy atom. The second-order valence-electron chi connectivity index (χ2n) is 3.79. The number of cyclic esters (lactones) is 1. The average Bonchev–Trinajstić information content (AvgIpc) is 2.71. The van der Waals surface area contributed by atoms with Crippen LogP contribution in [0, 0.1) is 0 Å². The molecule has 3 nitrogen and oxygen atoms in total. The fraction of sp³-hybridized carbons (Fsp3) is 0.417. The molecule has 16 heavy (non-hydrogen) atoms. The first kappa shape index (κ1) is 11.5. The highest BCUT2D eigenvalue weighted by molar-refractivity contribution is 9.09. The number of amides is 1. The molecular formula is C12H14BrNO2. The maximum absolute atomic E-state index is 11.6. The van der Waals surface area contributed by atoms with Crippen molar-refractivity contribution in [2.45, 2.75) is 19.4 Å². The van der Waals surface area contributed by atoms with Gasteiger partial charge in [0.15, 0.2) is 0 Å². The Morgan fingerprint density at radius 1 is 1.44 bits per heavy atom. The number of carbonyl (C=O) groups is 1. The molecule has 86 valence electrons. The maximum Gasteiger partial charge on any atom is 0.414 e. The molecule has 0 N–H and O–H groups in total. The van der Waals surface area contributed by atoms with Crippen molar-refractivity contribution in [3.8, 4) is 0 Å². The third-order valence-corrected chi connectivity index (χ3v) is 3.42. The van der Waals surface area contributed by atoms with Crippen molar-refractivity contribution in [3.05, 3.63) is 29.8 Å². The minimum atomic E-state index is -0.256. The number of rotatable bonds is 3. The Morgan fingerprint density at radius 3 is 2.62 bits per heavy atom. The van der Waals surface area contributed by atoms with Gasteiger partial charge in [0.1, 0.15) is 6.10 Å². The molecule has 1 heterocycles. The van der Waals surface area contributed by atoms with Crippen LogP contribution in [-0.4, -0.2) is 24.1 Å². The number of benzene rings is 1. The van der Waals surface area contributed by atoms with E-state index in [-0.39, 0.29) is 12.2 Å². The van der Waals surface area contributed by atoms with E-state index in [0.717, 1.165) is 12.1 Å². The molecule has 1 aromatic rings. The van der Waals surface area contributed by atoms with Gasteiger partial charge < -0.3 is 4.74 Å². The van der Waals surface area contributed by atoms with E-state index in [0.29, 0.717) is 11.9 Å². The number of halogens is 1. The van der Waals surface area contributed by atoms with Crippen LogP contribution in [0.5, 0.6) is 0 Å². The molecule has 0 bridgehead atoms. The monoisotopic (exact) mass is 283 g/mol. The zero-order valence-corrected chi connectivity index (χ0v) is 10.7. The molecular weight excluding hydrogens is 270 g/mol. The first-order chi connectivity index (χ1) is 7.74. The first-order valence-electron chi connectivity index (χ1n) is 5.37. The van der Waals surface area contributed by atoms with Crippen LogP contribution in [0.3, 0.4) is 0 Å². The molecule has 1 unspecified atom stereocenters. The lowest BCUT2D eigenvalue weighted by Crippen LogP contribution is -2.24. The van der Waals surface area contributed by atoms with Gasteiger partial charge in [-0.25, -0.2) is 4.79 Å². The molecule has 1 aliphatic heterocycles. The number of alkyl halides is 1. The van der Waals surface area contributed by atoms with Crippen LogP contribution >= 0.6 is 15.9 Å². The summed E-state index contributed by atoms with van der Waals surface area (Å²) in [5.74, 6) is 0. The van der Waals surface area contributed by atoms with Crippen LogP contribution in [0.15, 0.2) is 24.3 Å². The summed E-state index contributed by atoms with van der Waals surface area (Å²) in [4.78, 5) is 13.3. The molecule has 1 aliphatic rings.